The van der Waals surface area contributed by atoms with Crippen molar-refractivity contribution in [3.05, 3.63) is 35.4 Å². The number of hydrogen-bond donors (Lipinski definition) is 1. The highest BCUT2D eigenvalue weighted by Gasteiger charge is 2.06. The van der Waals surface area contributed by atoms with Crippen LogP contribution in [0.4, 0.5) is 0 Å². The third-order valence-corrected chi connectivity index (χ3v) is 3.26. The van der Waals surface area contributed by atoms with Gasteiger partial charge in [-0.3, -0.25) is 0 Å². The Morgan fingerprint density at radius 3 is 2.65 bits per heavy atom. The van der Waals surface area contributed by atoms with Gasteiger partial charge in [0.15, 0.2) is 0 Å². The molecule has 0 saturated carbocycles. The summed E-state index contributed by atoms with van der Waals surface area (Å²) in [7, 11) is 0. The molecule has 1 aromatic rings. The lowest BCUT2D eigenvalue weighted by Crippen LogP contribution is -2.29. The summed E-state index contributed by atoms with van der Waals surface area (Å²) in [4.78, 5) is 0. The lowest BCUT2D eigenvalue weighted by atomic mass is 10.00. The Labute approximate surface area is 107 Å². The summed E-state index contributed by atoms with van der Waals surface area (Å²) in [6.07, 6.45) is 6.41. The summed E-state index contributed by atoms with van der Waals surface area (Å²) < 4.78 is 0. The van der Waals surface area contributed by atoms with Gasteiger partial charge in [-0.05, 0) is 38.3 Å². The summed E-state index contributed by atoms with van der Waals surface area (Å²) in [5.74, 6) is 0. The van der Waals surface area contributed by atoms with Crippen molar-refractivity contribution in [1.82, 2.24) is 5.32 Å². The molecule has 0 bridgehead atoms. The van der Waals surface area contributed by atoms with Crippen molar-refractivity contribution in [3.8, 4) is 0 Å². The second kappa shape index (κ2) is 8.30. The Bertz CT molecular complexity index is 306. The molecule has 0 aliphatic rings. The van der Waals surface area contributed by atoms with Crippen LogP contribution >= 0.6 is 0 Å². The summed E-state index contributed by atoms with van der Waals surface area (Å²) in [5, 5.41) is 3.60. The fourth-order valence-electron chi connectivity index (χ4n) is 2.30. The van der Waals surface area contributed by atoms with E-state index in [9.17, 15) is 0 Å². The Hall–Kier alpha value is -0.820. The maximum atomic E-state index is 3.60. The highest BCUT2D eigenvalue weighted by molar-refractivity contribution is 5.22. The average molecular weight is 233 g/mol. The molecule has 1 unspecified atom stereocenters. The first kappa shape index (κ1) is 14.2. The van der Waals surface area contributed by atoms with Crippen LogP contribution in [0.2, 0.25) is 0 Å². The maximum Gasteiger partial charge on any atom is 0.00701 e. The Morgan fingerprint density at radius 1 is 1.18 bits per heavy atom. The summed E-state index contributed by atoms with van der Waals surface area (Å²) in [5.41, 5.74) is 2.85. The van der Waals surface area contributed by atoms with Crippen LogP contribution in [0.1, 0.15) is 50.7 Å². The van der Waals surface area contributed by atoms with Gasteiger partial charge in [-0.1, -0.05) is 56.5 Å². The highest BCUT2D eigenvalue weighted by atomic mass is 14.9. The first-order valence-corrected chi connectivity index (χ1v) is 7.05. The number of nitrogens with one attached hydrogen (secondary N) is 1. The molecule has 96 valence electrons. The predicted molar refractivity (Wildman–Crippen MR) is 76.5 cm³/mol. The predicted octanol–water partition coefficient (Wildman–Crippen LogP) is 4.10. The molecule has 0 amide bonds. The van der Waals surface area contributed by atoms with E-state index in [-0.39, 0.29) is 0 Å². The first-order chi connectivity index (χ1) is 8.26. The number of rotatable bonds is 8. The van der Waals surface area contributed by atoms with Crippen molar-refractivity contribution in [3.63, 3.8) is 0 Å². The first-order valence-electron chi connectivity index (χ1n) is 7.05. The van der Waals surface area contributed by atoms with Gasteiger partial charge in [0.2, 0.25) is 0 Å². The van der Waals surface area contributed by atoms with Gasteiger partial charge in [0.25, 0.3) is 0 Å². The van der Waals surface area contributed by atoms with E-state index in [1.165, 1.54) is 43.2 Å². The van der Waals surface area contributed by atoms with Gasteiger partial charge in [0.05, 0.1) is 0 Å². The van der Waals surface area contributed by atoms with Crippen LogP contribution in [0.5, 0.6) is 0 Å². The highest BCUT2D eigenvalue weighted by Crippen LogP contribution is 2.11. The topological polar surface area (TPSA) is 12.0 Å². The molecule has 0 saturated heterocycles. The van der Waals surface area contributed by atoms with E-state index < -0.39 is 0 Å². The average Bonchev–Trinajstić information content (AvgIpc) is 2.33. The molecule has 1 atom stereocenters. The zero-order valence-electron chi connectivity index (χ0n) is 11.6. The monoisotopic (exact) mass is 233 g/mol. The van der Waals surface area contributed by atoms with Crippen LogP contribution in [0.25, 0.3) is 0 Å². The summed E-state index contributed by atoms with van der Waals surface area (Å²) in [6.45, 7) is 7.72. The molecule has 0 aliphatic heterocycles. The molecule has 0 radical (unpaired) electrons. The minimum absolute atomic E-state index is 0.695. The number of aryl methyl sites for hydroxylation is 2. The molecular weight excluding hydrogens is 206 g/mol. The van der Waals surface area contributed by atoms with Crippen molar-refractivity contribution < 1.29 is 0 Å². The molecule has 1 N–H and O–H groups in total. The quantitative estimate of drug-likeness (QED) is 0.713. The fourth-order valence-corrected chi connectivity index (χ4v) is 2.30. The van der Waals surface area contributed by atoms with Gasteiger partial charge in [0.1, 0.15) is 0 Å². The van der Waals surface area contributed by atoms with Crippen LogP contribution < -0.4 is 5.32 Å². The zero-order valence-corrected chi connectivity index (χ0v) is 11.6. The molecule has 0 aromatic heterocycles. The van der Waals surface area contributed by atoms with E-state index in [0.717, 1.165) is 6.54 Å². The van der Waals surface area contributed by atoms with Crippen LogP contribution in [-0.4, -0.2) is 12.6 Å². The van der Waals surface area contributed by atoms with E-state index >= 15 is 0 Å². The van der Waals surface area contributed by atoms with Gasteiger partial charge in [0, 0.05) is 6.04 Å². The Kier molecular flexibility index (Phi) is 6.95. The van der Waals surface area contributed by atoms with E-state index in [2.05, 4.69) is 50.4 Å². The Balaban J connectivity index is 2.39. The third-order valence-electron chi connectivity index (χ3n) is 3.26. The van der Waals surface area contributed by atoms with Gasteiger partial charge in [-0.2, -0.15) is 0 Å². The number of hydrogen-bond acceptors (Lipinski definition) is 1. The normalized spacial score (nSPS) is 12.6. The van der Waals surface area contributed by atoms with Gasteiger partial charge >= 0.3 is 0 Å². The van der Waals surface area contributed by atoms with Gasteiger partial charge in [-0.25, -0.2) is 0 Å². The lowest BCUT2D eigenvalue weighted by molar-refractivity contribution is 0.449. The largest absolute Gasteiger partial charge is 0.314 e. The minimum atomic E-state index is 0.695. The van der Waals surface area contributed by atoms with Gasteiger partial charge < -0.3 is 5.32 Å². The van der Waals surface area contributed by atoms with Gasteiger partial charge in [-0.15, -0.1) is 0 Å². The van der Waals surface area contributed by atoms with E-state index in [1.807, 2.05) is 0 Å². The standard InChI is InChI=1S/C16H27N/c1-4-6-10-16(17-5-2)12-11-15-9-7-8-14(3)13-15/h7-9,13,16-17H,4-6,10-12H2,1-3H3. The van der Waals surface area contributed by atoms with Crippen LogP contribution in [-0.2, 0) is 6.42 Å². The van der Waals surface area contributed by atoms with Crippen molar-refractivity contribution in [2.75, 3.05) is 6.54 Å². The summed E-state index contributed by atoms with van der Waals surface area (Å²) >= 11 is 0. The second-order valence-corrected chi connectivity index (χ2v) is 4.92. The smallest absolute Gasteiger partial charge is 0.00701 e. The molecule has 0 fully saturated rings. The molecule has 17 heavy (non-hydrogen) atoms. The molecule has 0 heterocycles. The number of benzene rings is 1. The molecule has 1 heteroatoms. The zero-order chi connectivity index (χ0) is 12.5. The van der Waals surface area contributed by atoms with E-state index in [1.54, 1.807) is 0 Å². The fraction of sp³-hybridized carbons (Fsp3) is 0.625. The van der Waals surface area contributed by atoms with Crippen molar-refractivity contribution >= 4 is 0 Å². The molecule has 1 aromatic carbocycles. The molecule has 1 rings (SSSR count). The molecule has 0 spiro atoms. The molecular formula is C16H27N. The van der Waals surface area contributed by atoms with Crippen LogP contribution in [0.3, 0.4) is 0 Å². The maximum absolute atomic E-state index is 3.60. The Morgan fingerprint density at radius 2 is 2.00 bits per heavy atom. The number of unbranched alkanes of at least 4 members (excludes halogenated alkanes) is 1. The van der Waals surface area contributed by atoms with Crippen molar-refractivity contribution in [2.24, 2.45) is 0 Å². The van der Waals surface area contributed by atoms with E-state index in [4.69, 9.17) is 0 Å². The van der Waals surface area contributed by atoms with Crippen LogP contribution in [0.15, 0.2) is 24.3 Å². The van der Waals surface area contributed by atoms with E-state index in [0.29, 0.717) is 6.04 Å². The second-order valence-electron chi connectivity index (χ2n) is 4.92. The lowest BCUT2D eigenvalue weighted by Gasteiger charge is -2.17. The third kappa shape index (κ3) is 5.88. The molecule has 0 aliphatic carbocycles. The van der Waals surface area contributed by atoms with Crippen molar-refractivity contribution in [2.45, 2.75) is 58.9 Å². The minimum Gasteiger partial charge on any atom is -0.314 e. The van der Waals surface area contributed by atoms with Crippen molar-refractivity contribution in [1.29, 1.82) is 0 Å². The summed E-state index contributed by atoms with van der Waals surface area (Å²) in [6, 6.07) is 9.58. The molecule has 1 nitrogen and oxygen atoms in total. The SMILES string of the molecule is CCCCC(CCc1cccc(C)c1)NCC. The van der Waals surface area contributed by atoms with Crippen LogP contribution in [0, 0.1) is 6.92 Å².